The molecule has 2 aromatic carbocycles. The zero-order chi connectivity index (χ0) is 24.7. The fraction of sp³-hybridized carbons (Fsp3) is 0.667. The molecule has 0 fully saturated rings. The normalized spacial score (nSPS) is 11.6. The van der Waals surface area contributed by atoms with Gasteiger partial charge < -0.3 is 4.55 Å². The first-order valence-corrected chi connectivity index (χ1v) is 15.4. The first kappa shape index (κ1) is 33.3. The van der Waals surface area contributed by atoms with Crippen molar-refractivity contribution in [1.82, 2.24) is 0 Å². The molecule has 0 aromatic heterocycles. The number of hydrogen-bond donors (Lipinski definition) is 0. The molecule has 2 aromatic rings. The summed E-state index contributed by atoms with van der Waals surface area (Å²) in [6.07, 6.45) is 22.1. The average molecular weight is 527 g/mol. The molecule has 0 unspecified atom stereocenters. The molecule has 0 radical (unpaired) electrons. The second kappa shape index (κ2) is 19.3. The quantitative estimate of drug-likeness (QED) is 0.126. The van der Waals surface area contributed by atoms with Crippen LogP contribution < -0.4 is 51.4 Å². The zero-order valence-electron chi connectivity index (χ0n) is 22.7. The van der Waals surface area contributed by atoms with Crippen molar-refractivity contribution in [1.29, 1.82) is 0 Å². The molecule has 35 heavy (non-hydrogen) atoms. The van der Waals surface area contributed by atoms with E-state index in [0.29, 0.717) is 0 Å². The first-order chi connectivity index (χ1) is 16.5. The smallest absolute Gasteiger partial charge is 0.744 e. The Bertz CT molecular complexity index is 940. The van der Waals surface area contributed by atoms with Crippen LogP contribution in [0.5, 0.6) is 0 Å². The summed E-state index contributed by atoms with van der Waals surface area (Å²) in [4.78, 5) is -0.0844. The summed E-state index contributed by atoms with van der Waals surface area (Å²) in [5.41, 5.74) is 2.23. The van der Waals surface area contributed by atoms with Gasteiger partial charge in [-0.1, -0.05) is 122 Å². The van der Waals surface area contributed by atoms with Gasteiger partial charge in [-0.25, -0.2) is 8.42 Å². The zero-order valence-corrected chi connectivity index (χ0v) is 26.7. The molecular weight excluding hydrogens is 479 g/mol. The van der Waals surface area contributed by atoms with Crippen LogP contribution in [0.25, 0.3) is 10.8 Å². The van der Waals surface area contributed by atoms with E-state index in [1.807, 2.05) is 0 Å². The van der Waals surface area contributed by atoms with E-state index in [-0.39, 0.29) is 56.3 Å². The van der Waals surface area contributed by atoms with Gasteiger partial charge in [0.2, 0.25) is 0 Å². The number of fused-ring (bicyclic) bond motifs is 1. The van der Waals surface area contributed by atoms with Crippen molar-refractivity contribution >= 4 is 20.9 Å². The topological polar surface area (TPSA) is 57.2 Å². The summed E-state index contributed by atoms with van der Waals surface area (Å²) < 4.78 is 35.4. The van der Waals surface area contributed by atoms with Gasteiger partial charge in [-0.05, 0) is 59.7 Å². The molecule has 192 valence electrons. The van der Waals surface area contributed by atoms with E-state index >= 15 is 0 Å². The maximum atomic E-state index is 11.8. The molecule has 5 heteroatoms. The van der Waals surface area contributed by atoms with Crippen LogP contribution in [-0.2, 0) is 23.0 Å². The molecule has 2 rings (SSSR count). The van der Waals surface area contributed by atoms with Crippen LogP contribution in [0.4, 0.5) is 0 Å². The predicted molar refractivity (Wildman–Crippen MR) is 145 cm³/mol. The van der Waals surface area contributed by atoms with Crippen LogP contribution in [0.15, 0.2) is 35.2 Å². The number of rotatable bonds is 19. The standard InChI is InChI=1S/C30H48O3S.K/c1-3-5-7-9-11-13-15-17-19-26-21-22-30-27(20-18-16-14-12-10-8-6-4-2)24-29(34(31,32)33)25-28(30)23-26;/h21-25H,3-20H2,1-2H3,(H,31,32,33);/q;+1/p-1. The van der Waals surface area contributed by atoms with Gasteiger partial charge in [-0.15, -0.1) is 0 Å². The van der Waals surface area contributed by atoms with Crippen molar-refractivity contribution in [2.45, 2.75) is 134 Å². The summed E-state index contributed by atoms with van der Waals surface area (Å²) in [6.45, 7) is 4.48. The van der Waals surface area contributed by atoms with Gasteiger partial charge in [0.15, 0.2) is 0 Å². The fourth-order valence-corrected chi connectivity index (χ4v) is 5.45. The van der Waals surface area contributed by atoms with Crippen LogP contribution in [0, 0.1) is 0 Å². The molecule has 0 aliphatic heterocycles. The molecule has 0 N–H and O–H groups in total. The van der Waals surface area contributed by atoms with E-state index in [1.165, 1.54) is 89.0 Å². The molecule has 0 aliphatic rings. The van der Waals surface area contributed by atoms with Gasteiger partial charge in [-0.3, -0.25) is 0 Å². The van der Waals surface area contributed by atoms with E-state index in [2.05, 4.69) is 32.0 Å². The van der Waals surface area contributed by atoms with E-state index in [0.717, 1.165) is 48.4 Å². The molecular formula is C30H47KO3S. The van der Waals surface area contributed by atoms with E-state index in [4.69, 9.17) is 0 Å². The van der Waals surface area contributed by atoms with E-state index < -0.39 is 10.1 Å². The summed E-state index contributed by atoms with van der Waals surface area (Å²) in [6, 6.07) is 9.61. The number of benzene rings is 2. The Kier molecular flexibility index (Phi) is 18.4. The van der Waals surface area contributed by atoms with Gasteiger partial charge in [0, 0.05) is 0 Å². The minimum absolute atomic E-state index is 0. The summed E-state index contributed by atoms with van der Waals surface area (Å²) in [5, 5.41) is 1.98. The number of aryl methyl sites for hydroxylation is 2. The SMILES string of the molecule is CCCCCCCCCCc1ccc2c(CCCCCCCCCC)cc(S(=O)(=O)[O-])cc2c1.[K+]. The largest absolute Gasteiger partial charge is 1.00 e. The Morgan fingerprint density at radius 2 is 1.11 bits per heavy atom. The Balaban J connectivity index is 0.00000612. The third-order valence-corrected chi connectivity index (χ3v) is 7.80. The van der Waals surface area contributed by atoms with Gasteiger partial charge in [-0.2, -0.15) is 0 Å². The molecule has 0 atom stereocenters. The second-order valence-electron chi connectivity index (χ2n) is 10.0. The summed E-state index contributed by atoms with van der Waals surface area (Å²) in [7, 11) is -4.46. The molecule has 3 nitrogen and oxygen atoms in total. The number of hydrogen-bond acceptors (Lipinski definition) is 3. The van der Waals surface area contributed by atoms with Gasteiger partial charge >= 0.3 is 51.4 Å². The monoisotopic (exact) mass is 526 g/mol. The Morgan fingerprint density at radius 1 is 0.629 bits per heavy atom. The summed E-state index contributed by atoms with van der Waals surface area (Å²) >= 11 is 0. The Hall–Kier alpha value is 0.246. The first-order valence-electron chi connectivity index (χ1n) is 14.0. The fourth-order valence-electron chi connectivity index (χ4n) is 4.89. The van der Waals surface area contributed by atoms with Crippen molar-refractivity contribution < 1.29 is 64.4 Å². The third-order valence-electron chi connectivity index (χ3n) is 6.98. The van der Waals surface area contributed by atoms with Gasteiger partial charge in [0.1, 0.15) is 10.1 Å². The van der Waals surface area contributed by atoms with Crippen LogP contribution in [0.3, 0.4) is 0 Å². The number of unbranched alkanes of at least 4 members (excludes halogenated alkanes) is 14. The van der Waals surface area contributed by atoms with Crippen molar-refractivity contribution in [2.24, 2.45) is 0 Å². The maximum Gasteiger partial charge on any atom is 1.00 e. The molecule has 0 spiro atoms. The minimum Gasteiger partial charge on any atom is -0.744 e. The van der Waals surface area contributed by atoms with Crippen molar-refractivity contribution in [3.8, 4) is 0 Å². The maximum absolute atomic E-state index is 11.8. The molecule has 0 bridgehead atoms. The predicted octanol–water partition coefficient (Wildman–Crippen LogP) is 6.11. The van der Waals surface area contributed by atoms with Crippen LogP contribution in [0.1, 0.15) is 128 Å². The Morgan fingerprint density at radius 3 is 1.63 bits per heavy atom. The second-order valence-corrected chi connectivity index (χ2v) is 11.4. The minimum atomic E-state index is -4.46. The third kappa shape index (κ3) is 13.6. The molecule has 0 aliphatic carbocycles. The van der Waals surface area contributed by atoms with Crippen LogP contribution >= 0.6 is 0 Å². The average Bonchev–Trinajstić information content (AvgIpc) is 2.81. The van der Waals surface area contributed by atoms with E-state index in [1.54, 1.807) is 12.1 Å². The van der Waals surface area contributed by atoms with E-state index in [9.17, 15) is 13.0 Å². The van der Waals surface area contributed by atoms with Gasteiger partial charge in [0.05, 0.1) is 4.90 Å². The molecule has 0 heterocycles. The van der Waals surface area contributed by atoms with Crippen molar-refractivity contribution in [3.63, 3.8) is 0 Å². The molecule has 0 saturated heterocycles. The van der Waals surface area contributed by atoms with Crippen LogP contribution in [0.2, 0.25) is 0 Å². The van der Waals surface area contributed by atoms with Crippen molar-refractivity contribution in [3.05, 3.63) is 41.5 Å². The Labute approximate surface area is 258 Å². The summed E-state index contributed by atoms with van der Waals surface area (Å²) in [5.74, 6) is 0. The molecule has 0 amide bonds. The van der Waals surface area contributed by atoms with Gasteiger partial charge in [0.25, 0.3) is 0 Å². The van der Waals surface area contributed by atoms with Crippen molar-refractivity contribution in [2.75, 3.05) is 0 Å². The van der Waals surface area contributed by atoms with Crippen LogP contribution in [-0.4, -0.2) is 13.0 Å². The molecule has 0 saturated carbocycles.